The van der Waals surface area contributed by atoms with Gasteiger partial charge in [0.25, 0.3) is 0 Å². The van der Waals surface area contributed by atoms with E-state index in [1.54, 1.807) is 0 Å². The maximum absolute atomic E-state index is 4.63. The largest absolute Gasteiger partial charge is 0.246 e. The van der Waals surface area contributed by atoms with Gasteiger partial charge in [0.05, 0.1) is 10.7 Å². The lowest BCUT2D eigenvalue weighted by Crippen LogP contribution is -1.92. The van der Waals surface area contributed by atoms with Gasteiger partial charge in [-0.3, -0.25) is 0 Å². The van der Waals surface area contributed by atoms with Crippen LogP contribution in [0.3, 0.4) is 0 Å². The first-order valence-corrected chi connectivity index (χ1v) is 5.72. The van der Waals surface area contributed by atoms with E-state index >= 15 is 0 Å². The van der Waals surface area contributed by atoms with E-state index in [4.69, 9.17) is 0 Å². The number of hydrogen-bond acceptors (Lipinski definition) is 2. The zero-order valence-corrected chi connectivity index (χ0v) is 8.36. The number of aromatic nitrogens is 1. The van der Waals surface area contributed by atoms with Crippen LogP contribution < -0.4 is 0 Å². The first kappa shape index (κ1) is 8.24. The second-order valence-electron chi connectivity index (χ2n) is 3.50. The molecule has 12 heavy (non-hydrogen) atoms. The van der Waals surface area contributed by atoms with Crippen molar-refractivity contribution in [3.05, 3.63) is 16.1 Å². The van der Waals surface area contributed by atoms with Gasteiger partial charge < -0.3 is 0 Å². The van der Waals surface area contributed by atoms with E-state index < -0.39 is 0 Å². The molecule has 0 radical (unpaired) electrons. The van der Waals surface area contributed by atoms with E-state index in [-0.39, 0.29) is 0 Å². The predicted octanol–water partition coefficient (Wildman–Crippen LogP) is 3.36. The summed E-state index contributed by atoms with van der Waals surface area (Å²) >= 11 is 1.83. The Morgan fingerprint density at radius 1 is 1.50 bits per heavy atom. The lowest BCUT2D eigenvalue weighted by Gasteiger charge is -2.02. The molecule has 0 spiro atoms. The second kappa shape index (κ2) is 3.56. The van der Waals surface area contributed by atoms with Crippen molar-refractivity contribution >= 4 is 11.3 Å². The molecular weight excluding hydrogens is 166 g/mol. The van der Waals surface area contributed by atoms with E-state index in [9.17, 15) is 0 Å². The molecule has 0 bridgehead atoms. The molecule has 1 aliphatic rings. The van der Waals surface area contributed by atoms with E-state index in [1.165, 1.54) is 36.4 Å². The molecule has 1 heterocycles. The van der Waals surface area contributed by atoms with Gasteiger partial charge in [-0.05, 0) is 19.3 Å². The summed E-state index contributed by atoms with van der Waals surface area (Å²) in [7, 11) is 0. The van der Waals surface area contributed by atoms with E-state index in [0.717, 1.165) is 12.3 Å². The van der Waals surface area contributed by atoms with Crippen molar-refractivity contribution in [1.82, 2.24) is 4.98 Å². The fourth-order valence-corrected chi connectivity index (χ4v) is 2.72. The molecule has 1 nitrogen and oxygen atoms in total. The molecule has 0 atom stereocenters. The van der Waals surface area contributed by atoms with E-state index in [1.807, 2.05) is 11.3 Å². The molecule has 1 aliphatic carbocycles. The molecule has 0 unspecified atom stereocenters. The third-order valence-electron chi connectivity index (χ3n) is 2.65. The standard InChI is InChI=1S/C10H15NS/c1-2-10-11-9(7-12-10)8-5-3-4-6-8/h7-8H,2-6H2,1H3. The lowest BCUT2D eigenvalue weighted by molar-refractivity contribution is 0.699. The van der Waals surface area contributed by atoms with Crippen LogP contribution in [0.4, 0.5) is 0 Å². The van der Waals surface area contributed by atoms with Crippen LogP contribution in [0.2, 0.25) is 0 Å². The fraction of sp³-hybridized carbons (Fsp3) is 0.700. The quantitative estimate of drug-likeness (QED) is 0.681. The van der Waals surface area contributed by atoms with Crippen LogP contribution in [0.5, 0.6) is 0 Å². The van der Waals surface area contributed by atoms with Gasteiger partial charge in [0, 0.05) is 11.3 Å². The van der Waals surface area contributed by atoms with Crippen molar-refractivity contribution in [2.75, 3.05) is 0 Å². The molecule has 1 fully saturated rings. The van der Waals surface area contributed by atoms with Crippen LogP contribution in [0.15, 0.2) is 5.38 Å². The van der Waals surface area contributed by atoms with Crippen LogP contribution in [0.25, 0.3) is 0 Å². The molecule has 0 aliphatic heterocycles. The maximum Gasteiger partial charge on any atom is 0.0925 e. The first-order valence-electron chi connectivity index (χ1n) is 4.84. The Morgan fingerprint density at radius 3 is 2.83 bits per heavy atom. The van der Waals surface area contributed by atoms with Gasteiger partial charge in [0.15, 0.2) is 0 Å². The van der Waals surface area contributed by atoms with Gasteiger partial charge >= 0.3 is 0 Å². The summed E-state index contributed by atoms with van der Waals surface area (Å²) in [6.45, 7) is 2.18. The number of aryl methyl sites for hydroxylation is 1. The van der Waals surface area contributed by atoms with Crippen molar-refractivity contribution in [3.63, 3.8) is 0 Å². The van der Waals surface area contributed by atoms with Crippen LogP contribution >= 0.6 is 11.3 Å². The minimum Gasteiger partial charge on any atom is -0.246 e. The van der Waals surface area contributed by atoms with Gasteiger partial charge in [-0.2, -0.15) is 0 Å². The molecule has 2 rings (SSSR count). The average molecular weight is 181 g/mol. The summed E-state index contributed by atoms with van der Waals surface area (Å²) < 4.78 is 0. The second-order valence-corrected chi connectivity index (χ2v) is 4.44. The SMILES string of the molecule is CCc1nc(C2CCCC2)cs1. The highest BCUT2D eigenvalue weighted by Crippen LogP contribution is 2.34. The molecule has 1 saturated carbocycles. The zero-order valence-electron chi connectivity index (χ0n) is 7.55. The summed E-state index contributed by atoms with van der Waals surface area (Å²) in [5.74, 6) is 0.793. The van der Waals surface area contributed by atoms with Crippen LogP contribution in [-0.2, 0) is 6.42 Å². The lowest BCUT2D eigenvalue weighted by atomic mass is 10.1. The van der Waals surface area contributed by atoms with Crippen molar-refractivity contribution in [2.24, 2.45) is 0 Å². The van der Waals surface area contributed by atoms with Crippen LogP contribution in [0.1, 0.15) is 49.2 Å². The number of hydrogen-bond donors (Lipinski definition) is 0. The summed E-state index contributed by atoms with van der Waals surface area (Å²) in [4.78, 5) is 4.63. The third-order valence-corrected chi connectivity index (χ3v) is 3.66. The Bertz CT molecular complexity index is 248. The van der Waals surface area contributed by atoms with Crippen molar-refractivity contribution in [2.45, 2.75) is 44.9 Å². The van der Waals surface area contributed by atoms with Gasteiger partial charge in [-0.15, -0.1) is 11.3 Å². The number of nitrogens with zero attached hydrogens (tertiary/aromatic N) is 1. The van der Waals surface area contributed by atoms with Crippen molar-refractivity contribution in [1.29, 1.82) is 0 Å². The Balaban J connectivity index is 2.11. The van der Waals surface area contributed by atoms with Gasteiger partial charge in [0.2, 0.25) is 0 Å². The Labute approximate surface area is 77.8 Å². The molecule has 2 heteroatoms. The highest BCUT2D eigenvalue weighted by atomic mass is 32.1. The molecule has 0 saturated heterocycles. The topological polar surface area (TPSA) is 12.9 Å². The van der Waals surface area contributed by atoms with Gasteiger partial charge in [-0.1, -0.05) is 19.8 Å². The average Bonchev–Trinajstić information content (AvgIpc) is 2.75. The van der Waals surface area contributed by atoms with Gasteiger partial charge in [0.1, 0.15) is 0 Å². The maximum atomic E-state index is 4.63. The zero-order chi connectivity index (χ0) is 8.39. The molecule has 0 amide bonds. The summed E-state index contributed by atoms with van der Waals surface area (Å²) in [5, 5.41) is 3.56. The first-order chi connectivity index (χ1) is 5.90. The molecule has 66 valence electrons. The Morgan fingerprint density at radius 2 is 2.25 bits per heavy atom. The van der Waals surface area contributed by atoms with E-state index in [0.29, 0.717) is 0 Å². The minimum absolute atomic E-state index is 0.793. The van der Waals surface area contributed by atoms with Crippen LogP contribution in [0, 0.1) is 0 Å². The normalized spacial score (nSPS) is 18.8. The number of thiazole rings is 1. The summed E-state index contributed by atoms with van der Waals surface area (Å²) in [6.07, 6.45) is 6.64. The Kier molecular flexibility index (Phi) is 2.45. The molecule has 1 aromatic rings. The smallest absolute Gasteiger partial charge is 0.0925 e. The molecular formula is C10H15NS. The predicted molar refractivity (Wildman–Crippen MR) is 52.7 cm³/mol. The van der Waals surface area contributed by atoms with Crippen molar-refractivity contribution < 1.29 is 0 Å². The highest BCUT2D eigenvalue weighted by molar-refractivity contribution is 7.09. The summed E-state index contributed by atoms with van der Waals surface area (Å²) in [6, 6.07) is 0. The van der Waals surface area contributed by atoms with E-state index in [2.05, 4.69) is 17.3 Å². The highest BCUT2D eigenvalue weighted by Gasteiger charge is 2.19. The molecule has 0 N–H and O–H groups in total. The van der Waals surface area contributed by atoms with Crippen LogP contribution in [-0.4, -0.2) is 4.98 Å². The fourth-order valence-electron chi connectivity index (χ4n) is 1.90. The minimum atomic E-state index is 0.793. The van der Waals surface area contributed by atoms with Crippen molar-refractivity contribution in [3.8, 4) is 0 Å². The third kappa shape index (κ3) is 1.53. The molecule has 0 aromatic carbocycles. The molecule has 1 aromatic heterocycles. The van der Waals surface area contributed by atoms with Gasteiger partial charge in [-0.25, -0.2) is 4.98 Å². The monoisotopic (exact) mass is 181 g/mol. The Hall–Kier alpha value is -0.370. The summed E-state index contributed by atoms with van der Waals surface area (Å²) in [5.41, 5.74) is 1.37. The number of rotatable bonds is 2.